The van der Waals surface area contributed by atoms with Crippen molar-refractivity contribution in [1.82, 2.24) is 9.55 Å². The second kappa shape index (κ2) is 11.3. The summed E-state index contributed by atoms with van der Waals surface area (Å²) in [6.07, 6.45) is 2.55. The van der Waals surface area contributed by atoms with Gasteiger partial charge in [-0.25, -0.2) is 4.98 Å². The molecule has 202 valence electrons. The van der Waals surface area contributed by atoms with E-state index < -0.39 is 21.4 Å². The molecule has 4 aromatic rings. The summed E-state index contributed by atoms with van der Waals surface area (Å²) in [6, 6.07) is 11.0. The molecule has 0 spiro atoms. The van der Waals surface area contributed by atoms with Gasteiger partial charge < -0.3 is 14.7 Å². The number of nitrogens with two attached hydrogens (primary N) is 1. The SMILES string of the molecule is CCc1nc(C2CC2)c(C(N)=O)n1Cc1ccc2oc(-c3ccccc3NS(=O)(=O)C(F)(F)F)c(Br)c2c1.[KH]. The zero-order chi connectivity index (χ0) is 27.4. The molecule has 0 unspecified atom stereocenters. The van der Waals surface area contributed by atoms with Gasteiger partial charge in [-0.15, -0.1) is 0 Å². The number of rotatable bonds is 8. The molecule has 1 aliphatic carbocycles. The fourth-order valence-corrected chi connectivity index (χ4v) is 5.59. The Morgan fingerprint density at radius 2 is 1.92 bits per heavy atom. The van der Waals surface area contributed by atoms with Gasteiger partial charge in [-0.2, -0.15) is 21.6 Å². The first kappa shape index (κ1) is 30.3. The van der Waals surface area contributed by atoms with Crippen molar-refractivity contribution in [1.29, 1.82) is 0 Å². The summed E-state index contributed by atoms with van der Waals surface area (Å²) in [7, 11) is -5.64. The van der Waals surface area contributed by atoms with Gasteiger partial charge in [0.05, 0.1) is 15.9 Å². The number of aromatic nitrogens is 2. The van der Waals surface area contributed by atoms with Crippen molar-refractivity contribution in [2.24, 2.45) is 5.73 Å². The molecule has 2 heterocycles. The fraction of sp³-hybridized carbons (Fsp3) is 0.280. The predicted molar refractivity (Wildman–Crippen MR) is 146 cm³/mol. The Kier molecular flexibility index (Phi) is 8.77. The second-order valence-corrected chi connectivity index (χ2v) is 11.5. The molecular formula is C25H23BrF3KN4O4S. The van der Waals surface area contributed by atoms with E-state index in [1.165, 1.54) is 18.2 Å². The molecule has 3 N–H and O–H groups in total. The number of carbonyl (C=O) groups excluding carboxylic acids is 1. The van der Waals surface area contributed by atoms with Crippen LogP contribution in [0.1, 0.15) is 53.3 Å². The Morgan fingerprint density at radius 1 is 1.23 bits per heavy atom. The number of para-hydroxylation sites is 1. The Morgan fingerprint density at radius 3 is 2.54 bits per heavy atom. The average molecular weight is 652 g/mol. The van der Waals surface area contributed by atoms with Gasteiger partial charge in [0.2, 0.25) is 0 Å². The molecule has 2 aromatic carbocycles. The minimum atomic E-state index is -5.64. The monoisotopic (exact) mass is 650 g/mol. The Labute approximate surface area is 273 Å². The van der Waals surface area contributed by atoms with Gasteiger partial charge in [-0.05, 0) is 58.6 Å². The summed E-state index contributed by atoms with van der Waals surface area (Å²) < 4.78 is 72.2. The Bertz CT molecular complexity index is 1680. The molecule has 0 radical (unpaired) electrons. The van der Waals surface area contributed by atoms with Gasteiger partial charge in [0.1, 0.15) is 17.1 Å². The van der Waals surface area contributed by atoms with E-state index in [0.29, 0.717) is 34.1 Å². The van der Waals surface area contributed by atoms with E-state index in [9.17, 15) is 26.4 Å². The molecule has 5 rings (SSSR count). The summed E-state index contributed by atoms with van der Waals surface area (Å²) in [6.45, 7) is 2.28. The van der Waals surface area contributed by atoms with E-state index in [0.717, 1.165) is 29.9 Å². The third kappa shape index (κ3) is 5.88. The van der Waals surface area contributed by atoms with Crippen LogP contribution in [0.15, 0.2) is 51.4 Å². The van der Waals surface area contributed by atoms with Crippen LogP contribution in [0.5, 0.6) is 0 Å². The molecule has 1 saturated carbocycles. The van der Waals surface area contributed by atoms with Crippen LogP contribution in [-0.4, -0.2) is 80.8 Å². The van der Waals surface area contributed by atoms with Crippen LogP contribution in [0.2, 0.25) is 0 Å². The van der Waals surface area contributed by atoms with Crippen molar-refractivity contribution in [3.05, 3.63) is 69.7 Å². The Balaban J connectivity index is 0.00000353. The molecule has 1 fully saturated rings. The second-order valence-electron chi connectivity index (χ2n) is 9.01. The summed E-state index contributed by atoms with van der Waals surface area (Å²) >= 11 is 3.47. The molecule has 1 aliphatic rings. The third-order valence-corrected chi connectivity index (χ3v) is 8.23. The number of benzene rings is 2. The van der Waals surface area contributed by atoms with Crippen LogP contribution >= 0.6 is 15.9 Å². The summed E-state index contributed by atoms with van der Waals surface area (Å²) in [5.41, 5.74) is 2.47. The van der Waals surface area contributed by atoms with Gasteiger partial charge in [0.25, 0.3) is 5.91 Å². The van der Waals surface area contributed by atoms with Gasteiger partial charge >= 0.3 is 66.9 Å². The van der Waals surface area contributed by atoms with E-state index >= 15 is 0 Å². The third-order valence-electron chi connectivity index (χ3n) is 6.34. The molecule has 0 aliphatic heterocycles. The van der Waals surface area contributed by atoms with Crippen LogP contribution < -0.4 is 10.5 Å². The van der Waals surface area contributed by atoms with Gasteiger partial charge in [-0.1, -0.05) is 25.1 Å². The van der Waals surface area contributed by atoms with Crippen molar-refractivity contribution in [3.63, 3.8) is 0 Å². The van der Waals surface area contributed by atoms with Crippen molar-refractivity contribution < 1.29 is 30.8 Å². The number of hydrogen-bond acceptors (Lipinski definition) is 5. The van der Waals surface area contributed by atoms with E-state index in [1.54, 1.807) is 22.9 Å². The van der Waals surface area contributed by atoms with Gasteiger partial charge in [-0.3, -0.25) is 9.52 Å². The number of amides is 1. The Hall–Kier alpha value is -1.68. The van der Waals surface area contributed by atoms with Gasteiger partial charge in [0.15, 0.2) is 5.76 Å². The number of nitrogens with zero attached hydrogens (tertiary/aromatic N) is 2. The normalized spacial score (nSPS) is 13.9. The zero-order valence-electron chi connectivity index (χ0n) is 20.0. The van der Waals surface area contributed by atoms with Crippen LogP contribution in [0.25, 0.3) is 22.3 Å². The number of carbonyl (C=O) groups is 1. The maximum absolute atomic E-state index is 13.0. The molecule has 1 amide bonds. The van der Waals surface area contributed by atoms with Crippen molar-refractivity contribution in [2.45, 2.75) is 44.2 Å². The number of primary amides is 1. The van der Waals surface area contributed by atoms with E-state index in [4.69, 9.17) is 10.2 Å². The summed E-state index contributed by atoms with van der Waals surface area (Å²) in [5.74, 6) is 0.610. The number of nitrogens with one attached hydrogen (secondary N) is 1. The van der Waals surface area contributed by atoms with Crippen molar-refractivity contribution in [2.75, 3.05) is 4.72 Å². The number of sulfonamides is 1. The summed E-state index contributed by atoms with van der Waals surface area (Å²) in [4.78, 5) is 17.0. The number of hydrogen-bond donors (Lipinski definition) is 2. The standard InChI is InChI=1S/C25H22BrF3N4O4S.K.H/c1-2-19-31-21(14-8-9-14)22(24(30)34)33(19)12-13-7-10-18-16(11-13)20(26)23(37-18)15-5-3-4-6-17(15)32-38(35,36)25(27,28)29;;/h3-7,10-11,14,32H,2,8-9,12H2,1H3,(H2,30,34);;. The maximum atomic E-state index is 13.0. The number of halogens is 4. The number of furan rings is 1. The van der Waals surface area contributed by atoms with E-state index in [1.807, 2.05) is 17.6 Å². The number of alkyl halides is 3. The molecule has 2 aromatic heterocycles. The molecule has 8 nitrogen and oxygen atoms in total. The molecule has 0 saturated heterocycles. The molecular weight excluding hydrogens is 628 g/mol. The minimum absolute atomic E-state index is 0. The topological polar surface area (TPSA) is 120 Å². The first-order valence-electron chi connectivity index (χ1n) is 11.7. The molecule has 0 atom stereocenters. The van der Waals surface area contributed by atoms with Crippen LogP contribution in [0, 0.1) is 0 Å². The number of fused-ring (bicyclic) bond motifs is 1. The van der Waals surface area contributed by atoms with Gasteiger partial charge in [0, 0.05) is 29.8 Å². The molecule has 0 bridgehead atoms. The fourth-order valence-electron chi connectivity index (χ4n) is 4.40. The average Bonchev–Trinajstić information content (AvgIpc) is 3.56. The first-order valence-corrected chi connectivity index (χ1v) is 14.0. The first-order chi connectivity index (χ1) is 17.9. The van der Waals surface area contributed by atoms with Crippen LogP contribution in [0.3, 0.4) is 0 Å². The van der Waals surface area contributed by atoms with E-state index in [2.05, 4.69) is 20.9 Å². The van der Waals surface area contributed by atoms with E-state index in [-0.39, 0.29) is 74.3 Å². The van der Waals surface area contributed by atoms with Crippen molar-refractivity contribution >= 4 is 99.9 Å². The van der Waals surface area contributed by atoms with Crippen LogP contribution in [-0.2, 0) is 23.0 Å². The molecule has 39 heavy (non-hydrogen) atoms. The number of aryl methyl sites for hydroxylation is 1. The summed E-state index contributed by atoms with van der Waals surface area (Å²) in [5, 5.41) is 0.618. The molecule has 14 heteroatoms. The quantitative estimate of drug-likeness (QED) is 0.252. The predicted octanol–water partition coefficient (Wildman–Crippen LogP) is 5.26. The van der Waals surface area contributed by atoms with Crippen LogP contribution in [0.4, 0.5) is 18.9 Å². The number of anilines is 1. The van der Waals surface area contributed by atoms with Crippen molar-refractivity contribution in [3.8, 4) is 11.3 Å². The zero-order valence-corrected chi connectivity index (χ0v) is 22.4. The number of imidazole rings is 1.